The number of halogens is 3. The number of nitrogens with zero attached hydrogens (tertiary/aromatic N) is 2. The molecule has 1 saturated carbocycles. The van der Waals surface area contributed by atoms with Crippen LogP contribution in [0.2, 0.25) is 0 Å². The summed E-state index contributed by atoms with van der Waals surface area (Å²) in [4.78, 5) is 0. The normalized spacial score (nSPS) is 23.4. The van der Waals surface area contributed by atoms with E-state index in [1.54, 1.807) is 0 Å². The molecule has 0 N–H and O–H groups in total. The minimum absolute atomic E-state index is 0.118. The van der Waals surface area contributed by atoms with E-state index in [1.165, 1.54) is 0 Å². The van der Waals surface area contributed by atoms with Crippen LogP contribution in [0, 0.1) is 52.3 Å². The molecule has 0 spiro atoms. The summed E-state index contributed by atoms with van der Waals surface area (Å²) < 4.78 is 36.9. The highest BCUT2D eigenvalue weighted by atomic mass is 19.4. The fraction of sp³-hybridized carbons (Fsp3) is 0.733. The van der Waals surface area contributed by atoms with Crippen molar-refractivity contribution in [2.45, 2.75) is 51.1 Å². The van der Waals surface area contributed by atoms with E-state index in [4.69, 9.17) is 16.9 Å². The van der Waals surface area contributed by atoms with Gasteiger partial charge in [0.15, 0.2) is 0 Å². The molecule has 0 radical (unpaired) electrons. The molecule has 0 heterocycles. The van der Waals surface area contributed by atoms with Crippen LogP contribution in [0.15, 0.2) is 0 Å². The smallest absolute Gasteiger partial charge is 0.197 e. The first-order valence-corrected chi connectivity index (χ1v) is 6.69. The lowest BCUT2D eigenvalue weighted by Gasteiger charge is -2.30. The van der Waals surface area contributed by atoms with Crippen molar-refractivity contribution in [2.24, 2.45) is 17.3 Å². The first-order valence-electron chi connectivity index (χ1n) is 6.69. The van der Waals surface area contributed by atoms with E-state index in [2.05, 4.69) is 5.92 Å². The van der Waals surface area contributed by atoms with Crippen molar-refractivity contribution in [2.75, 3.05) is 0 Å². The SMILES string of the molecule is C#C[C@H]1CC[C@@H](CC(C#N)(C#N)CCC(F)(F)F)CC1. The molecular formula is C15H17F3N2. The Hall–Kier alpha value is -1.67. The molecule has 0 aromatic heterocycles. The summed E-state index contributed by atoms with van der Waals surface area (Å²) in [6.07, 6.45) is 2.91. The first-order chi connectivity index (χ1) is 9.34. The average Bonchev–Trinajstić information content (AvgIpc) is 2.43. The Labute approximate surface area is 117 Å². The molecular weight excluding hydrogens is 265 g/mol. The van der Waals surface area contributed by atoms with Crippen LogP contribution in [-0.4, -0.2) is 6.18 Å². The van der Waals surface area contributed by atoms with Gasteiger partial charge in [-0.05, 0) is 44.4 Å². The lowest BCUT2D eigenvalue weighted by molar-refractivity contribution is -0.138. The van der Waals surface area contributed by atoms with Crippen molar-refractivity contribution in [3.8, 4) is 24.5 Å². The number of nitriles is 2. The monoisotopic (exact) mass is 282 g/mol. The summed E-state index contributed by atoms with van der Waals surface area (Å²) in [6, 6.07) is 3.62. The Kier molecular flexibility index (Phi) is 5.46. The molecule has 0 bridgehead atoms. The fourth-order valence-electron chi connectivity index (χ4n) is 2.71. The van der Waals surface area contributed by atoms with Crippen molar-refractivity contribution in [1.29, 1.82) is 10.5 Å². The predicted octanol–water partition coefficient (Wildman–Crippen LogP) is 4.19. The Balaban J connectivity index is 2.62. The Morgan fingerprint density at radius 3 is 1.95 bits per heavy atom. The summed E-state index contributed by atoms with van der Waals surface area (Å²) in [5.74, 6) is 3.02. The minimum Gasteiger partial charge on any atom is -0.197 e. The van der Waals surface area contributed by atoms with Crippen molar-refractivity contribution in [3.05, 3.63) is 0 Å². The molecule has 0 aliphatic heterocycles. The van der Waals surface area contributed by atoms with Crippen LogP contribution in [0.5, 0.6) is 0 Å². The van der Waals surface area contributed by atoms with Crippen LogP contribution in [0.4, 0.5) is 13.2 Å². The molecule has 0 amide bonds. The van der Waals surface area contributed by atoms with Gasteiger partial charge in [-0.3, -0.25) is 0 Å². The fourth-order valence-corrected chi connectivity index (χ4v) is 2.71. The molecule has 1 fully saturated rings. The third-order valence-electron chi connectivity index (χ3n) is 3.98. The van der Waals surface area contributed by atoms with Crippen molar-refractivity contribution in [1.82, 2.24) is 0 Å². The highest BCUT2D eigenvalue weighted by Crippen LogP contribution is 2.40. The summed E-state index contributed by atoms with van der Waals surface area (Å²) in [5, 5.41) is 18.3. The molecule has 0 aromatic rings. The van der Waals surface area contributed by atoms with Gasteiger partial charge in [0.05, 0.1) is 12.1 Å². The van der Waals surface area contributed by atoms with Gasteiger partial charge in [-0.15, -0.1) is 12.3 Å². The quantitative estimate of drug-likeness (QED) is 0.726. The molecule has 0 atom stereocenters. The number of rotatable bonds is 4. The second-order valence-electron chi connectivity index (χ2n) is 5.51. The van der Waals surface area contributed by atoms with E-state index >= 15 is 0 Å². The van der Waals surface area contributed by atoms with Crippen LogP contribution in [0.1, 0.15) is 44.9 Å². The van der Waals surface area contributed by atoms with Gasteiger partial charge in [-0.2, -0.15) is 23.7 Å². The molecule has 1 aliphatic rings. The molecule has 1 aliphatic carbocycles. The number of terminal acetylenes is 1. The van der Waals surface area contributed by atoms with Gasteiger partial charge < -0.3 is 0 Å². The molecule has 5 heteroatoms. The molecule has 0 unspecified atom stereocenters. The largest absolute Gasteiger partial charge is 0.389 e. The van der Waals surface area contributed by atoms with Gasteiger partial charge in [0.25, 0.3) is 0 Å². The van der Waals surface area contributed by atoms with E-state index in [1.807, 2.05) is 12.1 Å². The van der Waals surface area contributed by atoms with Crippen LogP contribution in [-0.2, 0) is 0 Å². The Bertz CT molecular complexity index is 426. The van der Waals surface area contributed by atoms with Gasteiger partial charge >= 0.3 is 6.18 Å². The third-order valence-corrected chi connectivity index (χ3v) is 3.98. The van der Waals surface area contributed by atoms with Crippen molar-refractivity contribution < 1.29 is 13.2 Å². The summed E-state index contributed by atoms with van der Waals surface area (Å²) in [6.45, 7) is 0. The zero-order valence-corrected chi connectivity index (χ0v) is 11.2. The van der Waals surface area contributed by atoms with Gasteiger partial charge in [0.2, 0.25) is 0 Å². The Morgan fingerprint density at radius 1 is 1.00 bits per heavy atom. The molecule has 0 saturated heterocycles. The standard InChI is InChI=1S/C15H17F3N2/c1-2-12-3-5-13(6-4-12)9-14(10-19,11-20)7-8-15(16,17)18/h1,12-13H,3-9H2/t12-,13+. The topological polar surface area (TPSA) is 47.6 Å². The summed E-state index contributed by atoms with van der Waals surface area (Å²) in [5.41, 5.74) is -1.52. The molecule has 0 aromatic carbocycles. The van der Waals surface area contributed by atoms with Crippen LogP contribution >= 0.6 is 0 Å². The predicted molar refractivity (Wildman–Crippen MR) is 67.8 cm³/mol. The maximum Gasteiger partial charge on any atom is 0.389 e. The molecule has 2 nitrogen and oxygen atoms in total. The lowest BCUT2D eigenvalue weighted by atomic mass is 9.72. The van der Waals surface area contributed by atoms with Crippen LogP contribution in [0.3, 0.4) is 0 Å². The van der Waals surface area contributed by atoms with Gasteiger partial charge in [-0.25, -0.2) is 0 Å². The number of hydrogen-bond acceptors (Lipinski definition) is 2. The molecule has 1 rings (SSSR count). The summed E-state index contributed by atoms with van der Waals surface area (Å²) >= 11 is 0. The van der Waals surface area contributed by atoms with Crippen molar-refractivity contribution >= 4 is 0 Å². The summed E-state index contributed by atoms with van der Waals surface area (Å²) in [7, 11) is 0. The average molecular weight is 282 g/mol. The Morgan fingerprint density at radius 2 is 1.55 bits per heavy atom. The van der Waals surface area contributed by atoms with Crippen LogP contribution in [0.25, 0.3) is 0 Å². The highest BCUT2D eigenvalue weighted by Gasteiger charge is 2.39. The first kappa shape index (κ1) is 16.4. The minimum atomic E-state index is -4.33. The van der Waals surface area contributed by atoms with E-state index in [9.17, 15) is 13.2 Å². The molecule has 108 valence electrons. The van der Waals surface area contributed by atoms with Gasteiger partial charge in [0.1, 0.15) is 5.41 Å². The maximum absolute atomic E-state index is 12.3. The maximum atomic E-state index is 12.3. The zero-order chi connectivity index (χ0) is 15.2. The van der Waals surface area contributed by atoms with Crippen LogP contribution < -0.4 is 0 Å². The third kappa shape index (κ3) is 4.78. The van der Waals surface area contributed by atoms with E-state index in [0.29, 0.717) is 0 Å². The second-order valence-corrected chi connectivity index (χ2v) is 5.51. The highest BCUT2D eigenvalue weighted by molar-refractivity contribution is 5.14. The van der Waals surface area contributed by atoms with Gasteiger partial charge in [0, 0.05) is 12.3 Å². The van der Waals surface area contributed by atoms with E-state index in [0.717, 1.165) is 25.7 Å². The van der Waals surface area contributed by atoms with E-state index in [-0.39, 0.29) is 18.3 Å². The van der Waals surface area contributed by atoms with Crippen molar-refractivity contribution in [3.63, 3.8) is 0 Å². The molecule has 20 heavy (non-hydrogen) atoms. The van der Waals surface area contributed by atoms with E-state index < -0.39 is 24.4 Å². The second kappa shape index (κ2) is 6.67. The van der Waals surface area contributed by atoms with Gasteiger partial charge in [-0.1, -0.05) is 0 Å². The number of alkyl halides is 3. The zero-order valence-electron chi connectivity index (χ0n) is 11.2. The number of hydrogen-bond donors (Lipinski definition) is 0. The lowest BCUT2D eigenvalue weighted by Crippen LogP contribution is -2.26.